The normalized spacial score (nSPS) is 13.0. The second-order valence-electron chi connectivity index (χ2n) is 3.39. The van der Waals surface area contributed by atoms with E-state index in [0.29, 0.717) is 13.2 Å². The number of hydrogen-bond donors (Lipinski definition) is 2. The average Bonchev–Trinajstić information content (AvgIpc) is 1.99. The van der Waals surface area contributed by atoms with E-state index in [0.717, 1.165) is 0 Å². The van der Waals surface area contributed by atoms with Gasteiger partial charge in [0.15, 0.2) is 5.96 Å². The summed E-state index contributed by atoms with van der Waals surface area (Å²) in [5.74, 6) is 0.113. The Labute approximate surface area is 80.6 Å². The summed E-state index contributed by atoms with van der Waals surface area (Å²) in [7, 11) is 0. The molecule has 0 heterocycles. The predicted molar refractivity (Wildman–Crippen MR) is 54.8 cm³/mol. The van der Waals surface area contributed by atoms with Crippen molar-refractivity contribution in [2.24, 2.45) is 5.73 Å². The Morgan fingerprint density at radius 1 is 1.46 bits per heavy atom. The lowest BCUT2D eigenvalue weighted by atomic mass is 10.2. The molecule has 0 spiro atoms. The minimum Gasteiger partial charge on any atom is -0.380 e. The van der Waals surface area contributed by atoms with Crippen LogP contribution in [-0.4, -0.2) is 36.2 Å². The molecule has 3 N–H and O–H groups in total. The first kappa shape index (κ1) is 12.2. The molecule has 0 aliphatic carbocycles. The van der Waals surface area contributed by atoms with Gasteiger partial charge in [-0.15, -0.1) is 0 Å². The maximum atomic E-state index is 7.40. The van der Waals surface area contributed by atoms with E-state index >= 15 is 0 Å². The van der Waals surface area contributed by atoms with Gasteiger partial charge in [0.25, 0.3) is 0 Å². The zero-order valence-corrected chi connectivity index (χ0v) is 9.00. The third-order valence-corrected chi connectivity index (χ3v) is 1.87. The van der Waals surface area contributed by atoms with Crippen LogP contribution in [0, 0.1) is 5.41 Å². The third kappa shape index (κ3) is 4.12. The molecule has 4 heteroatoms. The largest absolute Gasteiger partial charge is 0.380 e. The van der Waals surface area contributed by atoms with Gasteiger partial charge in [-0.3, -0.25) is 5.41 Å². The van der Waals surface area contributed by atoms with Crippen molar-refractivity contribution in [3.05, 3.63) is 0 Å². The predicted octanol–water partition coefficient (Wildman–Crippen LogP) is 1.02. The molecule has 0 aliphatic rings. The topological polar surface area (TPSA) is 62.3 Å². The molecule has 78 valence electrons. The summed E-state index contributed by atoms with van der Waals surface area (Å²) in [6.45, 7) is 9.33. The molecule has 0 saturated heterocycles. The molecular formula is C9H21N3O. The molecule has 13 heavy (non-hydrogen) atoms. The number of nitrogens with two attached hydrogens (primary N) is 1. The van der Waals surface area contributed by atoms with Crippen molar-refractivity contribution < 1.29 is 4.74 Å². The summed E-state index contributed by atoms with van der Waals surface area (Å²) in [5, 5.41) is 7.40. The molecule has 0 saturated carbocycles. The highest BCUT2D eigenvalue weighted by Gasteiger charge is 2.17. The fraction of sp³-hybridized carbons (Fsp3) is 0.889. The Hall–Kier alpha value is -0.770. The fourth-order valence-corrected chi connectivity index (χ4v) is 1.39. The Morgan fingerprint density at radius 3 is 2.31 bits per heavy atom. The Bertz CT molecular complexity index is 159. The summed E-state index contributed by atoms with van der Waals surface area (Å²) >= 11 is 0. The van der Waals surface area contributed by atoms with Gasteiger partial charge in [0.2, 0.25) is 0 Å². The van der Waals surface area contributed by atoms with Crippen LogP contribution in [0.1, 0.15) is 27.7 Å². The van der Waals surface area contributed by atoms with Crippen LogP contribution in [0.25, 0.3) is 0 Å². The van der Waals surface area contributed by atoms with Crippen molar-refractivity contribution in [1.82, 2.24) is 4.90 Å². The third-order valence-electron chi connectivity index (χ3n) is 1.87. The van der Waals surface area contributed by atoms with Crippen molar-refractivity contribution in [3.8, 4) is 0 Å². The number of nitrogens with one attached hydrogen (secondary N) is 1. The van der Waals surface area contributed by atoms with Gasteiger partial charge in [0.1, 0.15) is 0 Å². The van der Waals surface area contributed by atoms with E-state index in [4.69, 9.17) is 15.9 Å². The maximum Gasteiger partial charge on any atom is 0.188 e. The smallest absolute Gasteiger partial charge is 0.188 e. The number of ether oxygens (including phenoxy) is 1. The van der Waals surface area contributed by atoms with Gasteiger partial charge in [-0.2, -0.15) is 0 Å². The van der Waals surface area contributed by atoms with E-state index in [1.54, 1.807) is 0 Å². The fourth-order valence-electron chi connectivity index (χ4n) is 1.39. The van der Waals surface area contributed by atoms with Crippen molar-refractivity contribution in [2.75, 3.05) is 13.2 Å². The molecule has 0 aliphatic heterocycles. The molecular weight excluding hydrogens is 166 g/mol. The van der Waals surface area contributed by atoms with Crippen molar-refractivity contribution >= 4 is 5.96 Å². The Morgan fingerprint density at radius 2 is 2.00 bits per heavy atom. The van der Waals surface area contributed by atoms with E-state index in [1.165, 1.54) is 0 Å². The molecule has 0 fully saturated rings. The number of hydrogen-bond acceptors (Lipinski definition) is 2. The van der Waals surface area contributed by atoms with Gasteiger partial charge in [0.05, 0.1) is 12.6 Å². The first-order valence-corrected chi connectivity index (χ1v) is 4.70. The van der Waals surface area contributed by atoms with Gasteiger partial charge in [-0.25, -0.2) is 0 Å². The van der Waals surface area contributed by atoms with Gasteiger partial charge in [-0.1, -0.05) is 0 Å². The van der Waals surface area contributed by atoms with Crippen molar-refractivity contribution in [3.63, 3.8) is 0 Å². The molecule has 4 nitrogen and oxygen atoms in total. The second-order valence-corrected chi connectivity index (χ2v) is 3.39. The molecule has 0 unspecified atom stereocenters. The summed E-state index contributed by atoms with van der Waals surface area (Å²) in [4.78, 5) is 1.84. The van der Waals surface area contributed by atoms with Crippen LogP contribution in [0.2, 0.25) is 0 Å². The summed E-state index contributed by atoms with van der Waals surface area (Å²) in [6.07, 6.45) is 0. The quantitative estimate of drug-likeness (QED) is 0.499. The van der Waals surface area contributed by atoms with Crippen LogP contribution in [0.4, 0.5) is 0 Å². The maximum absolute atomic E-state index is 7.40. The first-order chi connectivity index (χ1) is 6.00. The molecule has 1 atom stereocenters. The van der Waals surface area contributed by atoms with Gasteiger partial charge in [0, 0.05) is 12.6 Å². The van der Waals surface area contributed by atoms with Gasteiger partial charge >= 0.3 is 0 Å². The van der Waals surface area contributed by atoms with Crippen LogP contribution in [0.3, 0.4) is 0 Å². The molecule has 0 rings (SSSR count). The minimum absolute atomic E-state index is 0.113. The lowest BCUT2D eigenvalue weighted by Gasteiger charge is -2.32. The first-order valence-electron chi connectivity index (χ1n) is 4.70. The van der Waals surface area contributed by atoms with Gasteiger partial charge in [-0.05, 0) is 27.7 Å². The number of rotatable bonds is 5. The van der Waals surface area contributed by atoms with E-state index in [1.807, 2.05) is 32.6 Å². The lowest BCUT2D eigenvalue weighted by Crippen LogP contribution is -2.48. The van der Waals surface area contributed by atoms with Crippen LogP contribution >= 0.6 is 0 Å². The van der Waals surface area contributed by atoms with E-state index in [-0.39, 0.29) is 18.0 Å². The molecule has 0 amide bonds. The monoisotopic (exact) mass is 187 g/mol. The number of nitrogens with zero attached hydrogens (tertiary/aromatic N) is 1. The molecule has 0 aromatic heterocycles. The van der Waals surface area contributed by atoms with Crippen molar-refractivity contribution in [1.29, 1.82) is 5.41 Å². The van der Waals surface area contributed by atoms with Crippen LogP contribution in [-0.2, 0) is 4.74 Å². The molecule has 0 aromatic carbocycles. The minimum atomic E-state index is 0.113. The zero-order chi connectivity index (χ0) is 10.4. The van der Waals surface area contributed by atoms with Crippen LogP contribution < -0.4 is 5.73 Å². The standard InChI is InChI=1S/C9H21N3O/c1-5-13-6-8(4)12(7(2)3)9(10)11/h7-8H,5-6H2,1-4H3,(H3,10,11)/t8-/m0/s1. The SMILES string of the molecule is CCOC[C@H](C)N(C(=N)N)C(C)C. The highest BCUT2D eigenvalue weighted by Crippen LogP contribution is 2.04. The summed E-state index contributed by atoms with van der Waals surface area (Å²) in [6, 6.07) is 0.408. The van der Waals surface area contributed by atoms with Crippen LogP contribution in [0.5, 0.6) is 0 Å². The van der Waals surface area contributed by atoms with E-state index < -0.39 is 0 Å². The Kier molecular flexibility index (Phi) is 5.46. The van der Waals surface area contributed by atoms with Crippen molar-refractivity contribution in [2.45, 2.75) is 39.8 Å². The van der Waals surface area contributed by atoms with Crippen LogP contribution in [0.15, 0.2) is 0 Å². The zero-order valence-electron chi connectivity index (χ0n) is 9.00. The molecule has 0 aromatic rings. The van der Waals surface area contributed by atoms with E-state index in [9.17, 15) is 0 Å². The number of guanidine groups is 1. The highest BCUT2D eigenvalue weighted by molar-refractivity contribution is 5.75. The van der Waals surface area contributed by atoms with E-state index in [2.05, 4.69) is 0 Å². The van der Waals surface area contributed by atoms with Gasteiger partial charge < -0.3 is 15.4 Å². The molecule has 0 radical (unpaired) electrons. The summed E-state index contributed by atoms with van der Waals surface area (Å²) < 4.78 is 5.28. The average molecular weight is 187 g/mol. The lowest BCUT2D eigenvalue weighted by molar-refractivity contribution is 0.0907. The summed E-state index contributed by atoms with van der Waals surface area (Å²) in [5.41, 5.74) is 5.46. The Balaban J connectivity index is 4.12. The molecule has 0 bridgehead atoms. The second kappa shape index (κ2) is 5.80. The highest BCUT2D eigenvalue weighted by atomic mass is 16.5.